The molecular formula is C23H20Br2N4O4S. The van der Waals surface area contributed by atoms with Gasteiger partial charge in [0.2, 0.25) is 10.0 Å². The topological polar surface area (TPSA) is 112 Å². The van der Waals surface area contributed by atoms with Gasteiger partial charge >= 0.3 is 6.09 Å². The molecule has 0 aliphatic carbocycles. The van der Waals surface area contributed by atoms with Gasteiger partial charge < -0.3 is 9.64 Å². The van der Waals surface area contributed by atoms with Gasteiger partial charge in [0.25, 0.3) is 0 Å². The first-order chi connectivity index (χ1) is 16.2. The number of halogens is 2. The maximum Gasteiger partial charge on any atom is 0.411 e. The van der Waals surface area contributed by atoms with E-state index in [2.05, 4.69) is 48.1 Å². The summed E-state index contributed by atoms with van der Waals surface area (Å²) >= 11 is 6.55. The van der Waals surface area contributed by atoms with Gasteiger partial charge in [-0.15, -0.1) is 0 Å². The van der Waals surface area contributed by atoms with Crippen LogP contribution in [0.4, 0.5) is 10.5 Å². The van der Waals surface area contributed by atoms with E-state index in [0.29, 0.717) is 21.1 Å². The fourth-order valence-corrected chi connectivity index (χ4v) is 6.58. The second-order valence-corrected chi connectivity index (χ2v) is 11.3. The largest absolute Gasteiger partial charge is 0.447 e. The molecule has 1 fully saturated rings. The highest BCUT2D eigenvalue weighted by Crippen LogP contribution is 2.27. The van der Waals surface area contributed by atoms with E-state index in [1.165, 1.54) is 11.0 Å². The van der Waals surface area contributed by atoms with Crippen molar-refractivity contribution in [3.63, 3.8) is 0 Å². The maximum absolute atomic E-state index is 12.9. The lowest BCUT2D eigenvalue weighted by Gasteiger charge is -2.17. The summed E-state index contributed by atoms with van der Waals surface area (Å²) in [7, 11) is -3.82. The van der Waals surface area contributed by atoms with Crippen molar-refractivity contribution in [2.45, 2.75) is 23.4 Å². The zero-order chi connectivity index (χ0) is 24.3. The van der Waals surface area contributed by atoms with E-state index in [4.69, 9.17) is 4.74 Å². The molecule has 3 aromatic carbocycles. The van der Waals surface area contributed by atoms with Gasteiger partial charge in [-0.25, -0.2) is 17.9 Å². The first-order valence-electron chi connectivity index (χ1n) is 10.3. The summed E-state index contributed by atoms with van der Waals surface area (Å²) in [6, 6.07) is 17.2. The molecule has 0 bridgehead atoms. The third kappa shape index (κ3) is 5.70. The Kier molecular flexibility index (Phi) is 7.42. The van der Waals surface area contributed by atoms with Crippen LogP contribution in [0.2, 0.25) is 0 Å². The Morgan fingerprint density at radius 1 is 1.12 bits per heavy atom. The van der Waals surface area contributed by atoms with Gasteiger partial charge in [-0.05, 0) is 63.5 Å². The molecule has 1 saturated heterocycles. The molecule has 0 spiro atoms. The van der Waals surface area contributed by atoms with Gasteiger partial charge in [0.1, 0.15) is 6.61 Å². The Balaban J connectivity index is 1.35. The lowest BCUT2D eigenvalue weighted by Crippen LogP contribution is -2.36. The number of nitrogens with one attached hydrogen (secondary N) is 2. The van der Waals surface area contributed by atoms with E-state index < -0.39 is 28.2 Å². The number of benzene rings is 3. The quantitative estimate of drug-likeness (QED) is 0.389. The number of carbonyl (C=O) groups is 1. The number of hydrogen-bond acceptors (Lipinski definition) is 6. The van der Waals surface area contributed by atoms with Crippen molar-refractivity contribution in [3.8, 4) is 6.19 Å². The summed E-state index contributed by atoms with van der Waals surface area (Å²) in [6.45, 7) is 0.132. The standard InChI is InChI=1S/C23H20Br2N4O4S/c24-17-6-8-21(25)22(10-17)34(31,32)28-19-11-20(29(12-19)14-26)13-33-23(30)27-18-7-5-15-3-1-2-4-16(15)9-18/h1-10,19-20,28H,11-13H2,(H,27,30)/t19-,20-/m1/s1. The molecule has 1 amide bonds. The summed E-state index contributed by atoms with van der Waals surface area (Å²) in [5.41, 5.74) is 0.595. The third-order valence-electron chi connectivity index (χ3n) is 5.45. The van der Waals surface area contributed by atoms with E-state index in [1.807, 2.05) is 36.4 Å². The molecule has 11 heteroatoms. The van der Waals surface area contributed by atoms with Crippen molar-refractivity contribution in [1.29, 1.82) is 5.26 Å². The Bertz CT molecular complexity index is 1380. The Labute approximate surface area is 214 Å². The van der Waals surface area contributed by atoms with Crippen molar-refractivity contribution in [1.82, 2.24) is 9.62 Å². The van der Waals surface area contributed by atoms with Gasteiger partial charge in [-0.1, -0.05) is 46.3 Å². The minimum atomic E-state index is -3.82. The van der Waals surface area contributed by atoms with Crippen LogP contribution in [0.25, 0.3) is 10.8 Å². The molecule has 0 unspecified atom stereocenters. The van der Waals surface area contributed by atoms with Crippen molar-refractivity contribution >= 4 is 64.4 Å². The van der Waals surface area contributed by atoms with Crippen LogP contribution < -0.4 is 10.0 Å². The predicted molar refractivity (Wildman–Crippen MR) is 136 cm³/mol. The van der Waals surface area contributed by atoms with Crippen LogP contribution in [0.5, 0.6) is 0 Å². The molecular weight excluding hydrogens is 588 g/mol. The smallest absolute Gasteiger partial charge is 0.411 e. The molecule has 8 nitrogen and oxygen atoms in total. The Hall–Kier alpha value is -2.65. The van der Waals surface area contributed by atoms with Gasteiger partial charge in [-0.2, -0.15) is 5.26 Å². The fourth-order valence-electron chi connectivity index (χ4n) is 3.84. The first kappa shape index (κ1) is 24.5. The lowest BCUT2D eigenvalue weighted by atomic mass is 10.1. The zero-order valence-corrected chi connectivity index (χ0v) is 21.7. The van der Waals surface area contributed by atoms with E-state index in [9.17, 15) is 18.5 Å². The van der Waals surface area contributed by atoms with E-state index in [-0.39, 0.29) is 18.0 Å². The van der Waals surface area contributed by atoms with Gasteiger partial charge in [-0.3, -0.25) is 5.32 Å². The number of nitriles is 1. The molecule has 2 N–H and O–H groups in total. The highest BCUT2D eigenvalue weighted by molar-refractivity contribution is 9.11. The predicted octanol–water partition coefficient (Wildman–Crippen LogP) is 4.82. The molecule has 1 heterocycles. The van der Waals surface area contributed by atoms with Crippen LogP contribution in [0.1, 0.15) is 6.42 Å². The van der Waals surface area contributed by atoms with Gasteiger partial charge in [0.15, 0.2) is 6.19 Å². The summed E-state index contributed by atoms with van der Waals surface area (Å²) in [5.74, 6) is 0. The molecule has 1 aliphatic heterocycles. The molecule has 2 atom stereocenters. The summed E-state index contributed by atoms with van der Waals surface area (Å²) in [6.07, 6.45) is 1.73. The van der Waals surface area contributed by atoms with Gasteiger partial charge in [0.05, 0.1) is 10.9 Å². The Morgan fingerprint density at radius 2 is 1.88 bits per heavy atom. The van der Waals surface area contributed by atoms with Crippen LogP contribution in [-0.2, 0) is 14.8 Å². The monoisotopic (exact) mass is 606 g/mol. The number of amides is 1. The second-order valence-electron chi connectivity index (χ2n) is 7.82. The Morgan fingerprint density at radius 3 is 2.65 bits per heavy atom. The molecule has 4 rings (SSSR count). The summed E-state index contributed by atoms with van der Waals surface area (Å²) in [4.78, 5) is 13.8. The molecule has 34 heavy (non-hydrogen) atoms. The maximum atomic E-state index is 12.9. The van der Waals surface area contributed by atoms with Crippen LogP contribution in [-0.4, -0.2) is 44.6 Å². The van der Waals surface area contributed by atoms with Crippen molar-refractivity contribution in [2.75, 3.05) is 18.5 Å². The van der Waals surface area contributed by atoms with Crippen LogP contribution >= 0.6 is 31.9 Å². The highest BCUT2D eigenvalue weighted by atomic mass is 79.9. The third-order valence-corrected chi connectivity index (χ3v) is 8.46. The lowest BCUT2D eigenvalue weighted by molar-refractivity contribution is 0.134. The average Bonchev–Trinajstić information content (AvgIpc) is 3.20. The molecule has 1 aliphatic rings. The van der Waals surface area contributed by atoms with Crippen molar-refractivity contribution in [3.05, 3.63) is 69.6 Å². The molecule has 176 valence electrons. The number of likely N-dealkylation sites (tertiary alicyclic amines) is 1. The number of anilines is 1. The minimum absolute atomic E-state index is 0.0498. The first-order valence-corrected chi connectivity index (χ1v) is 13.4. The minimum Gasteiger partial charge on any atom is -0.447 e. The number of fused-ring (bicyclic) bond motifs is 1. The van der Waals surface area contributed by atoms with Crippen molar-refractivity contribution in [2.24, 2.45) is 0 Å². The van der Waals surface area contributed by atoms with Crippen LogP contribution in [0, 0.1) is 11.5 Å². The zero-order valence-electron chi connectivity index (χ0n) is 17.7. The molecule has 0 radical (unpaired) electrons. The highest BCUT2D eigenvalue weighted by Gasteiger charge is 2.35. The summed E-state index contributed by atoms with van der Waals surface area (Å²) in [5, 5.41) is 14.2. The number of carbonyl (C=O) groups excluding carboxylic acids is 1. The number of rotatable bonds is 6. The van der Waals surface area contributed by atoms with Crippen LogP contribution in [0.15, 0.2) is 74.5 Å². The molecule has 0 saturated carbocycles. The fraction of sp³-hybridized carbons (Fsp3) is 0.217. The van der Waals surface area contributed by atoms with E-state index in [0.717, 1.165) is 10.8 Å². The van der Waals surface area contributed by atoms with Crippen LogP contribution in [0.3, 0.4) is 0 Å². The summed E-state index contributed by atoms with van der Waals surface area (Å²) < 4.78 is 34.8. The van der Waals surface area contributed by atoms with E-state index in [1.54, 1.807) is 18.2 Å². The molecule has 3 aromatic rings. The van der Waals surface area contributed by atoms with E-state index >= 15 is 0 Å². The number of hydrogen-bond donors (Lipinski definition) is 2. The SMILES string of the molecule is N#CN1C[C@H](NS(=O)(=O)c2cc(Br)ccc2Br)C[C@@H]1COC(=O)Nc1ccc2ccccc2c1. The average molecular weight is 608 g/mol. The van der Waals surface area contributed by atoms with Gasteiger partial charge in [0, 0.05) is 27.2 Å². The van der Waals surface area contributed by atoms with Crippen molar-refractivity contribution < 1.29 is 17.9 Å². The number of sulfonamides is 1. The normalized spacial score (nSPS) is 18.0. The molecule has 0 aromatic heterocycles. The second kappa shape index (κ2) is 10.3. The number of nitrogens with zero attached hydrogens (tertiary/aromatic N) is 2. The number of ether oxygens (including phenoxy) is 1.